The Kier molecular flexibility index (Phi) is 5.87. The smallest absolute Gasteiger partial charge is 0.336 e. The van der Waals surface area contributed by atoms with Gasteiger partial charge in [0.1, 0.15) is 22.6 Å². The van der Waals surface area contributed by atoms with Gasteiger partial charge in [-0.2, -0.15) is 0 Å². The number of fused-ring (bicyclic) bond motifs is 1. The van der Waals surface area contributed by atoms with E-state index in [9.17, 15) is 19.8 Å². The molecular formula is C24H24O5. The molecule has 0 unspecified atom stereocenters. The molecule has 0 aliphatic rings. The molecule has 0 saturated carbocycles. The summed E-state index contributed by atoms with van der Waals surface area (Å²) in [5.74, 6) is -1.05. The number of phenols is 2. The number of Topliss-reactive ketones (excluding diaryl/α,β-unsaturated/α-hetero) is 1. The predicted octanol–water partition coefficient (Wildman–Crippen LogP) is 5.36. The molecule has 0 fully saturated rings. The molecule has 5 nitrogen and oxygen atoms in total. The molecule has 0 amide bonds. The van der Waals surface area contributed by atoms with Gasteiger partial charge in [-0.1, -0.05) is 48.9 Å². The predicted molar refractivity (Wildman–Crippen MR) is 114 cm³/mol. The maximum Gasteiger partial charge on any atom is 0.336 e. The zero-order valence-electron chi connectivity index (χ0n) is 16.8. The van der Waals surface area contributed by atoms with E-state index in [4.69, 9.17) is 4.42 Å². The quantitative estimate of drug-likeness (QED) is 0.335. The van der Waals surface area contributed by atoms with Crippen molar-refractivity contribution in [2.24, 2.45) is 0 Å². The van der Waals surface area contributed by atoms with Crippen LogP contribution in [0.1, 0.15) is 49.5 Å². The molecular weight excluding hydrogens is 368 g/mol. The summed E-state index contributed by atoms with van der Waals surface area (Å²) in [6, 6.07) is 10.4. The van der Waals surface area contributed by atoms with Gasteiger partial charge in [-0.15, -0.1) is 0 Å². The van der Waals surface area contributed by atoms with Gasteiger partial charge in [0.25, 0.3) is 0 Å². The summed E-state index contributed by atoms with van der Waals surface area (Å²) >= 11 is 0. The van der Waals surface area contributed by atoms with Crippen molar-refractivity contribution >= 4 is 16.8 Å². The van der Waals surface area contributed by atoms with Crippen molar-refractivity contribution < 1.29 is 19.4 Å². The first-order valence-corrected chi connectivity index (χ1v) is 9.61. The highest BCUT2D eigenvalue weighted by molar-refractivity contribution is 6.11. The summed E-state index contributed by atoms with van der Waals surface area (Å²) in [4.78, 5) is 25.0. The van der Waals surface area contributed by atoms with Gasteiger partial charge in [-0.05, 0) is 32.3 Å². The Morgan fingerprint density at radius 3 is 2.41 bits per heavy atom. The van der Waals surface area contributed by atoms with E-state index >= 15 is 0 Å². The minimum atomic E-state index is -0.596. The fourth-order valence-electron chi connectivity index (χ4n) is 3.39. The van der Waals surface area contributed by atoms with Crippen LogP contribution in [0.3, 0.4) is 0 Å². The zero-order chi connectivity index (χ0) is 21.1. The lowest BCUT2D eigenvalue weighted by Gasteiger charge is -2.16. The number of carbonyl (C=O) groups excluding carboxylic acids is 1. The van der Waals surface area contributed by atoms with Gasteiger partial charge in [-0.3, -0.25) is 4.79 Å². The van der Waals surface area contributed by atoms with E-state index in [1.165, 1.54) is 6.07 Å². The number of aromatic hydroxyl groups is 2. The maximum atomic E-state index is 12.7. The Bertz CT molecular complexity index is 1150. The summed E-state index contributed by atoms with van der Waals surface area (Å²) in [6.07, 6.45) is 2.90. The molecule has 0 aliphatic carbocycles. The van der Waals surface area contributed by atoms with Crippen molar-refractivity contribution in [2.45, 2.75) is 40.0 Å². The SMILES string of the molecule is CCCC(=O)c1c(O)c(CC=C(C)C)c2oc(=O)cc(-c3ccccc3)c2c1O. The topological polar surface area (TPSA) is 87.7 Å². The molecule has 1 heterocycles. The number of benzene rings is 2. The van der Waals surface area contributed by atoms with E-state index in [1.54, 1.807) is 0 Å². The highest BCUT2D eigenvalue weighted by Gasteiger charge is 2.26. The molecule has 2 aromatic carbocycles. The highest BCUT2D eigenvalue weighted by Crippen LogP contribution is 2.44. The van der Waals surface area contributed by atoms with Crippen LogP contribution >= 0.6 is 0 Å². The number of allylic oxidation sites excluding steroid dienone is 2. The van der Waals surface area contributed by atoms with Crippen molar-refractivity contribution in [2.75, 3.05) is 0 Å². The zero-order valence-corrected chi connectivity index (χ0v) is 16.8. The average molecular weight is 392 g/mol. The van der Waals surface area contributed by atoms with Crippen LogP contribution in [0.15, 0.2) is 57.3 Å². The van der Waals surface area contributed by atoms with Crippen molar-refractivity contribution in [1.29, 1.82) is 0 Å². The van der Waals surface area contributed by atoms with Crippen LogP contribution in [0, 0.1) is 0 Å². The fourth-order valence-corrected chi connectivity index (χ4v) is 3.39. The lowest BCUT2D eigenvalue weighted by molar-refractivity contribution is 0.0976. The highest BCUT2D eigenvalue weighted by atomic mass is 16.4. The first-order valence-electron chi connectivity index (χ1n) is 9.61. The molecule has 0 radical (unpaired) electrons. The Labute approximate surface area is 168 Å². The molecule has 3 aromatic rings. The van der Waals surface area contributed by atoms with Crippen molar-refractivity contribution in [3.8, 4) is 22.6 Å². The molecule has 0 aliphatic heterocycles. The molecule has 29 heavy (non-hydrogen) atoms. The van der Waals surface area contributed by atoms with Gasteiger partial charge < -0.3 is 14.6 Å². The van der Waals surface area contributed by atoms with Crippen LogP contribution in [0.2, 0.25) is 0 Å². The lowest BCUT2D eigenvalue weighted by atomic mass is 9.92. The van der Waals surface area contributed by atoms with Crippen LogP contribution < -0.4 is 5.63 Å². The molecule has 150 valence electrons. The number of ketones is 1. The third-order valence-corrected chi connectivity index (χ3v) is 4.79. The number of carbonyl (C=O) groups is 1. The molecule has 5 heteroatoms. The average Bonchev–Trinajstić information content (AvgIpc) is 2.67. The Morgan fingerprint density at radius 2 is 1.79 bits per heavy atom. The fraction of sp³-hybridized carbons (Fsp3) is 0.250. The second-order valence-electron chi connectivity index (χ2n) is 7.26. The molecule has 2 N–H and O–H groups in total. The van der Waals surface area contributed by atoms with Gasteiger partial charge in [0.2, 0.25) is 0 Å². The third kappa shape index (κ3) is 3.94. The van der Waals surface area contributed by atoms with Crippen LogP contribution in [0.5, 0.6) is 11.5 Å². The van der Waals surface area contributed by atoms with Gasteiger partial charge >= 0.3 is 5.63 Å². The van der Waals surface area contributed by atoms with Crippen LogP contribution in [-0.4, -0.2) is 16.0 Å². The molecule has 3 rings (SSSR count). The van der Waals surface area contributed by atoms with Gasteiger partial charge in [0.15, 0.2) is 5.78 Å². The number of hydrogen-bond donors (Lipinski definition) is 2. The summed E-state index contributed by atoms with van der Waals surface area (Å²) in [5.41, 5.74) is 1.86. The largest absolute Gasteiger partial charge is 0.507 e. The minimum absolute atomic E-state index is 0.0944. The second kappa shape index (κ2) is 8.35. The van der Waals surface area contributed by atoms with Crippen LogP contribution in [-0.2, 0) is 6.42 Å². The van der Waals surface area contributed by atoms with E-state index in [2.05, 4.69) is 0 Å². The van der Waals surface area contributed by atoms with Crippen LogP contribution in [0.25, 0.3) is 22.1 Å². The van der Waals surface area contributed by atoms with E-state index in [1.807, 2.05) is 57.2 Å². The van der Waals surface area contributed by atoms with E-state index in [0.29, 0.717) is 23.1 Å². The number of phenolic OH excluding ortho intramolecular Hbond substituents is 2. The first kappa shape index (κ1) is 20.4. The van der Waals surface area contributed by atoms with Crippen LogP contribution in [0.4, 0.5) is 0 Å². The number of rotatable bonds is 6. The van der Waals surface area contributed by atoms with Gasteiger partial charge in [-0.25, -0.2) is 4.79 Å². The summed E-state index contributed by atoms with van der Waals surface area (Å²) in [7, 11) is 0. The van der Waals surface area contributed by atoms with Gasteiger partial charge in [0.05, 0.1) is 5.39 Å². The summed E-state index contributed by atoms with van der Waals surface area (Å²) in [6.45, 7) is 5.67. The van der Waals surface area contributed by atoms with Crippen molar-refractivity contribution in [1.82, 2.24) is 0 Å². The Hall–Kier alpha value is -3.34. The van der Waals surface area contributed by atoms with Gasteiger partial charge in [0, 0.05) is 23.6 Å². The second-order valence-corrected chi connectivity index (χ2v) is 7.26. The Balaban J connectivity index is 2.48. The lowest BCUT2D eigenvalue weighted by Crippen LogP contribution is -2.06. The van der Waals surface area contributed by atoms with Crippen molar-refractivity contribution in [3.05, 3.63) is 69.6 Å². The summed E-state index contributed by atoms with van der Waals surface area (Å²) in [5, 5.41) is 22.1. The van der Waals surface area contributed by atoms with E-state index in [0.717, 1.165) is 5.57 Å². The molecule has 0 spiro atoms. The standard InChI is InChI=1S/C24H24O5/c1-4-8-18(25)21-22(27)16(12-11-14(2)3)24-20(23(21)28)17(13-19(26)29-24)15-9-6-5-7-10-15/h5-7,9-11,13,27-28H,4,8,12H2,1-3H3. The van der Waals surface area contributed by atoms with E-state index < -0.39 is 5.63 Å². The normalized spacial score (nSPS) is 10.9. The minimum Gasteiger partial charge on any atom is -0.507 e. The third-order valence-electron chi connectivity index (χ3n) is 4.79. The van der Waals surface area contributed by atoms with Crippen molar-refractivity contribution in [3.63, 3.8) is 0 Å². The molecule has 0 bridgehead atoms. The first-order chi connectivity index (χ1) is 13.8. The summed E-state index contributed by atoms with van der Waals surface area (Å²) < 4.78 is 5.43. The maximum absolute atomic E-state index is 12.7. The monoisotopic (exact) mass is 392 g/mol. The molecule has 0 atom stereocenters. The number of hydrogen-bond acceptors (Lipinski definition) is 5. The molecule has 0 saturated heterocycles. The molecule has 1 aromatic heterocycles. The van der Waals surface area contributed by atoms with E-state index in [-0.39, 0.29) is 46.7 Å². The Morgan fingerprint density at radius 1 is 1.10 bits per heavy atom.